The van der Waals surface area contributed by atoms with Gasteiger partial charge in [0.15, 0.2) is 0 Å². The highest BCUT2D eigenvalue weighted by Gasteiger charge is 2.21. The number of phenolic OH excluding ortho intramolecular Hbond substituents is 1. The van der Waals surface area contributed by atoms with Gasteiger partial charge in [-0.2, -0.15) is 0 Å². The number of benzene rings is 1. The molecular formula is C12H16O3S. The lowest BCUT2D eigenvalue weighted by Crippen LogP contribution is -2.22. The van der Waals surface area contributed by atoms with Gasteiger partial charge in [-0.1, -0.05) is 26.0 Å². The van der Waals surface area contributed by atoms with E-state index in [9.17, 15) is 9.90 Å². The van der Waals surface area contributed by atoms with E-state index in [0.29, 0.717) is 5.75 Å². The first kappa shape index (κ1) is 12.9. The van der Waals surface area contributed by atoms with Crippen LogP contribution in [0.2, 0.25) is 0 Å². The van der Waals surface area contributed by atoms with Crippen molar-refractivity contribution in [1.82, 2.24) is 0 Å². The molecule has 1 unspecified atom stereocenters. The van der Waals surface area contributed by atoms with Crippen LogP contribution in [0.25, 0.3) is 0 Å². The maximum absolute atomic E-state index is 11.0. The molecule has 0 amide bonds. The standard InChI is InChI=1S/C12H16O3S/c1-8(2)11(12(14)15)16-7-9-4-3-5-10(13)6-9/h3-6,8,11,13H,7H2,1-2H3,(H,14,15). The molecule has 0 saturated carbocycles. The third-order valence-electron chi connectivity index (χ3n) is 2.19. The van der Waals surface area contributed by atoms with Crippen molar-refractivity contribution in [3.8, 4) is 5.75 Å². The van der Waals surface area contributed by atoms with Gasteiger partial charge in [0.2, 0.25) is 0 Å². The Kier molecular flexibility index (Phi) is 4.68. The molecule has 4 heteroatoms. The fourth-order valence-electron chi connectivity index (χ4n) is 1.38. The average molecular weight is 240 g/mol. The molecular weight excluding hydrogens is 224 g/mol. The molecule has 1 rings (SSSR count). The molecule has 0 fully saturated rings. The van der Waals surface area contributed by atoms with Crippen molar-refractivity contribution in [2.75, 3.05) is 0 Å². The second-order valence-corrected chi connectivity index (χ2v) is 5.11. The highest BCUT2D eigenvalue weighted by Crippen LogP contribution is 2.25. The van der Waals surface area contributed by atoms with E-state index in [1.54, 1.807) is 18.2 Å². The molecule has 1 atom stereocenters. The lowest BCUT2D eigenvalue weighted by Gasteiger charge is -2.15. The smallest absolute Gasteiger partial charge is 0.316 e. The molecule has 2 N–H and O–H groups in total. The lowest BCUT2D eigenvalue weighted by atomic mass is 10.1. The van der Waals surface area contributed by atoms with Crippen molar-refractivity contribution in [1.29, 1.82) is 0 Å². The van der Waals surface area contributed by atoms with Crippen molar-refractivity contribution >= 4 is 17.7 Å². The van der Waals surface area contributed by atoms with E-state index in [2.05, 4.69) is 0 Å². The van der Waals surface area contributed by atoms with Gasteiger partial charge in [0.25, 0.3) is 0 Å². The largest absolute Gasteiger partial charge is 0.508 e. The molecule has 0 aliphatic carbocycles. The van der Waals surface area contributed by atoms with Crippen LogP contribution >= 0.6 is 11.8 Å². The van der Waals surface area contributed by atoms with Crippen LogP contribution in [0, 0.1) is 5.92 Å². The first-order valence-electron chi connectivity index (χ1n) is 5.13. The number of aliphatic carboxylic acids is 1. The van der Waals surface area contributed by atoms with E-state index in [-0.39, 0.29) is 11.7 Å². The molecule has 0 aliphatic rings. The van der Waals surface area contributed by atoms with Crippen LogP contribution in [-0.2, 0) is 10.5 Å². The van der Waals surface area contributed by atoms with Crippen molar-refractivity contribution in [3.63, 3.8) is 0 Å². The molecule has 88 valence electrons. The highest BCUT2D eigenvalue weighted by molar-refractivity contribution is 7.99. The quantitative estimate of drug-likeness (QED) is 0.831. The fourth-order valence-corrected chi connectivity index (χ4v) is 2.46. The first-order chi connectivity index (χ1) is 7.50. The molecule has 0 spiro atoms. The Morgan fingerprint density at radius 2 is 2.12 bits per heavy atom. The van der Waals surface area contributed by atoms with Crippen LogP contribution < -0.4 is 0 Å². The number of carboxylic acids is 1. The second kappa shape index (κ2) is 5.80. The number of carbonyl (C=O) groups is 1. The zero-order valence-electron chi connectivity index (χ0n) is 9.38. The maximum atomic E-state index is 11.0. The Morgan fingerprint density at radius 1 is 1.44 bits per heavy atom. The molecule has 0 bridgehead atoms. The number of hydrogen-bond acceptors (Lipinski definition) is 3. The monoisotopic (exact) mass is 240 g/mol. The number of thioether (sulfide) groups is 1. The molecule has 3 nitrogen and oxygen atoms in total. The van der Waals surface area contributed by atoms with Gasteiger partial charge in [0.1, 0.15) is 11.0 Å². The van der Waals surface area contributed by atoms with Gasteiger partial charge in [0, 0.05) is 5.75 Å². The molecule has 0 aromatic heterocycles. The van der Waals surface area contributed by atoms with Crippen LogP contribution in [0.5, 0.6) is 5.75 Å². The molecule has 0 aliphatic heterocycles. The van der Waals surface area contributed by atoms with Crippen molar-refractivity contribution in [2.45, 2.75) is 24.9 Å². The number of carboxylic acid groups (broad SMARTS) is 1. The molecule has 1 aromatic carbocycles. The summed E-state index contributed by atoms with van der Waals surface area (Å²) in [5.74, 6) is 0.137. The minimum Gasteiger partial charge on any atom is -0.508 e. The summed E-state index contributed by atoms with van der Waals surface area (Å²) >= 11 is 1.39. The topological polar surface area (TPSA) is 57.5 Å². The van der Waals surface area contributed by atoms with Gasteiger partial charge in [-0.15, -0.1) is 11.8 Å². The molecule has 16 heavy (non-hydrogen) atoms. The van der Waals surface area contributed by atoms with E-state index >= 15 is 0 Å². The summed E-state index contributed by atoms with van der Waals surface area (Å²) in [6.07, 6.45) is 0. The average Bonchev–Trinajstić information content (AvgIpc) is 2.16. The molecule has 0 radical (unpaired) electrons. The Labute approximate surface area is 99.5 Å². The number of aromatic hydroxyl groups is 1. The zero-order valence-corrected chi connectivity index (χ0v) is 10.2. The maximum Gasteiger partial charge on any atom is 0.316 e. The Morgan fingerprint density at radius 3 is 2.62 bits per heavy atom. The Bertz CT molecular complexity index is 363. The summed E-state index contributed by atoms with van der Waals surface area (Å²) < 4.78 is 0. The van der Waals surface area contributed by atoms with Crippen LogP contribution in [-0.4, -0.2) is 21.4 Å². The normalized spacial score (nSPS) is 12.7. The van der Waals surface area contributed by atoms with Crippen molar-refractivity contribution < 1.29 is 15.0 Å². The van der Waals surface area contributed by atoms with Gasteiger partial charge < -0.3 is 10.2 Å². The molecule has 0 heterocycles. The van der Waals surface area contributed by atoms with Crippen LogP contribution in [0.15, 0.2) is 24.3 Å². The number of rotatable bonds is 5. The fraction of sp³-hybridized carbons (Fsp3) is 0.417. The minimum atomic E-state index is -0.778. The van der Waals surface area contributed by atoms with Crippen LogP contribution in [0.1, 0.15) is 19.4 Å². The number of hydrogen-bond donors (Lipinski definition) is 2. The molecule has 1 aromatic rings. The van der Waals surface area contributed by atoms with Crippen LogP contribution in [0.4, 0.5) is 0 Å². The third-order valence-corrected chi connectivity index (χ3v) is 3.79. The summed E-state index contributed by atoms with van der Waals surface area (Å²) in [5, 5.41) is 17.9. The van der Waals surface area contributed by atoms with E-state index in [4.69, 9.17) is 5.11 Å². The first-order valence-corrected chi connectivity index (χ1v) is 6.18. The predicted molar refractivity (Wildman–Crippen MR) is 65.7 cm³/mol. The Hall–Kier alpha value is -1.16. The van der Waals surface area contributed by atoms with E-state index in [0.717, 1.165) is 5.56 Å². The van der Waals surface area contributed by atoms with Gasteiger partial charge in [0.05, 0.1) is 0 Å². The Balaban J connectivity index is 2.59. The van der Waals surface area contributed by atoms with E-state index in [1.807, 2.05) is 19.9 Å². The van der Waals surface area contributed by atoms with Crippen LogP contribution in [0.3, 0.4) is 0 Å². The summed E-state index contributed by atoms with van der Waals surface area (Å²) in [5.41, 5.74) is 0.942. The summed E-state index contributed by atoms with van der Waals surface area (Å²) in [7, 11) is 0. The summed E-state index contributed by atoms with van der Waals surface area (Å²) in [6.45, 7) is 3.79. The zero-order chi connectivity index (χ0) is 12.1. The van der Waals surface area contributed by atoms with Gasteiger partial charge in [-0.3, -0.25) is 4.79 Å². The number of phenols is 1. The molecule has 0 saturated heterocycles. The lowest BCUT2D eigenvalue weighted by molar-refractivity contribution is -0.137. The van der Waals surface area contributed by atoms with Crippen molar-refractivity contribution in [3.05, 3.63) is 29.8 Å². The van der Waals surface area contributed by atoms with Gasteiger partial charge in [-0.25, -0.2) is 0 Å². The van der Waals surface area contributed by atoms with Gasteiger partial charge in [-0.05, 0) is 23.6 Å². The third kappa shape index (κ3) is 3.77. The predicted octanol–water partition coefficient (Wildman–Crippen LogP) is 2.73. The van der Waals surface area contributed by atoms with E-state index < -0.39 is 11.2 Å². The van der Waals surface area contributed by atoms with Crippen molar-refractivity contribution in [2.24, 2.45) is 5.92 Å². The highest BCUT2D eigenvalue weighted by atomic mass is 32.2. The van der Waals surface area contributed by atoms with Gasteiger partial charge >= 0.3 is 5.97 Å². The summed E-state index contributed by atoms with van der Waals surface area (Å²) in [4.78, 5) is 11.0. The second-order valence-electron chi connectivity index (χ2n) is 3.98. The van der Waals surface area contributed by atoms with E-state index in [1.165, 1.54) is 11.8 Å². The minimum absolute atomic E-state index is 0.0970. The summed E-state index contributed by atoms with van der Waals surface area (Å²) in [6, 6.07) is 6.90. The SMILES string of the molecule is CC(C)C(SCc1cccc(O)c1)C(=O)O.